The molecule has 0 amide bonds. The van der Waals surface area contributed by atoms with Gasteiger partial charge in [0.25, 0.3) is 0 Å². The predicted molar refractivity (Wildman–Crippen MR) is 136 cm³/mol. The molecule has 0 nitrogen and oxygen atoms in total. The minimum atomic E-state index is -0.0703. The van der Waals surface area contributed by atoms with Gasteiger partial charge >= 0.3 is 0 Å². The van der Waals surface area contributed by atoms with Crippen molar-refractivity contribution in [1.29, 1.82) is 0 Å². The molecule has 0 saturated carbocycles. The fourth-order valence-electron chi connectivity index (χ4n) is 4.76. The molecule has 0 fully saturated rings. The summed E-state index contributed by atoms with van der Waals surface area (Å²) in [7, 11) is -0.141. The van der Waals surface area contributed by atoms with Crippen molar-refractivity contribution in [2.75, 3.05) is 12.3 Å². The van der Waals surface area contributed by atoms with E-state index in [1.165, 1.54) is 24.3 Å². The quantitative estimate of drug-likeness (QED) is 0.401. The third-order valence-electron chi connectivity index (χ3n) is 5.49. The molecule has 0 aliphatic rings. The fourth-order valence-corrected chi connectivity index (χ4v) is 12.7. The summed E-state index contributed by atoms with van der Waals surface area (Å²) in [5.41, 5.74) is 1.52. The smallest absolute Gasteiger partial charge is 0.0175 e. The Labute approximate surface area is 180 Å². The maximum atomic E-state index is 2.47. The van der Waals surface area contributed by atoms with Crippen LogP contribution in [-0.2, 0) is 6.42 Å². The van der Waals surface area contributed by atoms with Gasteiger partial charge in [0.2, 0.25) is 0 Å². The molecular formula is C26H48P2. The van der Waals surface area contributed by atoms with Crippen LogP contribution in [0.5, 0.6) is 0 Å². The van der Waals surface area contributed by atoms with Crippen LogP contribution in [-0.4, -0.2) is 32.9 Å². The standard InChI is InChI=1S/C26H48P2/c1-23(2,3)27(24(4,5)6)19-22(18-21-16-14-13-15-17-21)20-28(25(7,8)9)26(10,11)12/h13-17,22H,18-20H2,1-12H3. The summed E-state index contributed by atoms with van der Waals surface area (Å²) in [6.07, 6.45) is 4.02. The molecule has 1 aromatic carbocycles. The van der Waals surface area contributed by atoms with Gasteiger partial charge in [-0.15, -0.1) is 0 Å². The number of hydrogen-bond donors (Lipinski definition) is 0. The molecule has 28 heavy (non-hydrogen) atoms. The third kappa shape index (κ3) is 8.44. The summed E-state index contributed by atoms with van der Waals surface area (Å²) in [5, 5.41) is 1.59. The average molecular weight is 423 g/mol. The van der Waals surface area contributed by atoms with E-state index in [-0.39, 0.29) is 15.8 Å². The van der Waals surface area contributed by atoms with Crippen molar-refractivity contribution in [3.05, 3.63) is 35.9 Å². The first-order valence-corrected chi connectivity index (χ1v) is 14.1. The predicted octanol–water partition coefficient (Wildman–Crippen LogP) is 9.00. The van der Waals surface area contributed by atoms with Gasteiger partial charge in [0.15, 0.2) is 0 Å². The minimum Gasteiger partial charge on any atom is -0.0953 e. The minimum absolute atomic E-state index is 0.0703. The normalized spacial score (nSPS) is 14.4. The molecule has 0 spiro atoms. The molecular weight excluding hydrogens is 374 g/mol. The van der Waals surface area contributed by atoms with E-state index in [1.54, 1.807) is 0 Å². The second-order valence-corrected chi connectivity index (χ2v) is 20.3. The van der Waals surface area contributed by atoms with Gasteiger partial charge in [-0.25, -0.2) is 0 Å². The highest BCUT2D eigenvalue weighted by molar-refractivity contribution is 7.62. The zero-order valence-electron chi connectivity index (χ0n) is 21.0. The average Bonchev–Trinajstić information content (AvgIpc) is 2.45. The van der Waals surface area contributed by atoms with E-state index in [9.17, 15) is 0 Å². The van der Waals surface area contributed by atoms with Crippen LogP contribution in [0.1, 0.15) is 88.6 Å². The van der Waals surface area contributed by atoms with E-state index >= 15 is 0 Å². The Bertz CT molecular complexity index is 514. The SMILES string of the molecule is CC(C)(C)P(CC(Cc1ccccc1)CP(C(C)(C)C)C(C)(C)C)C(C)(C)C. The maximum absolute atomic E-state index is 2.47. The zero-order valence-corrected chi connectivity index (χ0v) is 22.8. The summed E-state index contributed by atoms with van der Waals surface area (Å²) >= 11 is 0. The van der Waals surface area contributed by atoms with Crippen LogP contribution in [0.4, 0.5) is 0 Å². The molecule has 0 atom stereocenters. The van der Waals surface area contributed by atoms with E-state index in [0.717, 1.165) is 5.92 Å². The van der Waals surface area contributed by atoms with E-state index in [2.05, 4.69) is 113 Å². The molecule has 0 heterocycles. The molecule has 0 radical (unpaired) electrons. The summed E-state index contributed by atoms with van der Waals surface area (Å²) in [4.78, 5) is 0. The van der Waals surface area contributed by atoms with Gasteiger partial charge in [-0.1, -0.05) is 129 Å². The van der Waals surface area contributed by atoms with Crippen molar-refractivity contribution in [1.82, 2.24) is 0 Å². The molecule has 1 aromatic rings. The Morgan fingerprint density at radius 2 is 0.893 bits per heavy atom. The van der Waals surface area contributed by atoms with Gasteiger partial charge in [0.05, 0.1) is 0 Å². The van der Waals surface area contributed by atoms with Crippen molar-refractivity contribution >= 4 is 15.8 Å². The van der Waals surface area contributed by atoms with Gasteiger partial charge in [0.1, 0.15) is 0 Å². The third-order valence-corrected chi connectivity index (χ3v) is 13.7. The first-order chi connectivity index (χ1) is 12.4. The van der Waals surface area contributed by atoms with Gasteiger partial charge in [0, 0.05) is 0 Å². The van der Waals surface area contributed by atoms with E-state index < -0.39 is 0 Å². The summed E-state index contributed by atoms with van der Waals surface area (Å²) in [5.74, 6) is 0.775. The lowest BCUT2D eigenvalue weighted by atomic mass is 10.0. The molecule has 0 saturated heterocycles. The summed E-state index contributed by atoms with van der Waals surface area (Å²) < 4.78 is 0. The summed E-state index contributed by atoms with van der Waals surface area (Å²) in [6, 6.07) is 11.2. The first kappa shape index (κ1) is 26.1. The van der Waals surface area contributed by atoms with Crippen molar-refractivity contribution in [2.24, 2.45) is 5.92 Å². The van der Waals surface area contributed by atoms with E-state index in [1.807, 2.05) is 0 Å². The Morgan fingerprint density at radius 3 is 1.18 bits per heavy atom. The van der Waals surface area contributed by atoms with Crippen LogP contribution in [0, 0.1) is 5.92 Å². The Balaban J connectivity index is 3.24. The second-order valence-electron chi connectivity index (χ2n) is 12.5. The van der Waals surface area contributed by atoms with Gasteiger partial charge in [-0.05, 0) is 50.9 Å². The highest BCUT2D eigenvalue weighted by atomic mass is 31.1. The molecule has 0 aromatic heterocycles. The lowest BCUT2D eigenvalue weighted by Gasteiger charge is -2.47. The van der Waals surface area contributed by atoms with Crippen LogP contribution in [0.25, 0.3) is 0 Å². The van der Waals surface area contributed by atoms with E-state index in [0.29, 0.717) is 20.6 Å². The fraction of sp³-hybridized carbons (Fsp3) is 0.769. The zero-order chi connectivity index (χ0) is 22.0. The number of hydrogen-bond acceptors (Lipinski definition) is 0. The van der Waals surface area contributed by atoms with Crippen LogP contribution in [0.2, 0.25) is 0 Å². The molecule has 1 rings (SSSR count). The van der Waals surface area contributed by atoms with Crippen molar-refractivity contribution in [3.63, 3.8) is 0 Å². The molecule has 0 unspecified atom stereocenters. The Kier molecular flexibility index (Phi) is 8.84. The highest BCUT2D eigenvalue weighted by Gasteiger charge is 2.39. The van der Waals surface area contributed by atoms with Gasteiger partial charge in [-0.3, -0.25) is 0 Å². The lowest BCUT2D eigenvalue weighted by Crippen LogP contribution is -2.33. The van der Waals surface area contributed by atoms with Gasteiger partial charge < -0.3 is 0 Å². The molecule has 0 aliphatic carbocycles. The first-order valence-electron chi connectivity index (χ1n) is 11.0. The highest BCUT2D eigenvalue weighted by Crippen LogP contribution is 2.64. The van der Waals surface area contributed by atoms with Crippen LogP contribution in [0.15, 0.2) is 30.3 Å². The van der Waals surface area contributed by atoms with Crippen LogP contribution in [0.3, 0.4) is 0 Å². The van der Waals surface area contributed by atoms with Crippen molar-refractivity contribution < 1.29 is 0 Å². The van der Waals surface area contributed by atoms with E-state index in [4.69, 9.17) is 0 Å². The second kappa shape index (κ2) is 9.48. The molecule has 0 aliphatic heterocycles. The monoisotopic (exact) mass is 422 g/mol. The molecule has 2 heteroatoms. The lowest BCUT2D eigenvalue weighted by molar-refractivity contribution is 0.610. The van der Waals surface area contributed by atoms with Crippen molar-refractivity contribution in [2.45, 2.75) is 110 Å². The van der Waals surface area contributed by atoms with Gasteiger partial charge in [-0.2, -0.15) is 0 Å². The maximum Gasteiger partial charge on any atom is -0.0175 e. The largest absolute Gasteiger partial charge is 0.0953 e. The number of rotatable bonds is 6. The Morgan fingerprint density at radius 1 is 0.571 bits per heavy atom. The molecule has 162 valence electrons. The van der Waals surface area contributed by atoms with Crippen molar-refractivity contribution in [3.8, 4) is 0 Å². The van der Waals surface area contributed by atoms with Crippen LogP contribution >= 0.6 is 15.8 Å². The summed E-state index contributed by atoms with van der Waals surface area (Å²) in [6.45, 7) is 29.7. The van der Waals surface area contributed by atoms with Crippen LogP contribution < -0.4 is 0 Å². The molecule has 0 bridgehead atoms. The topological polar surface area (TPSA) is 0 Å². The Hall–Kier alpha value is 0.0800. The molecule has 0 N–H and O–H groups in total. The number of benzene rings is 1.